The number of benzene rings is 3. The van der Waals surface area contributed by atoms with Crippen LogP contribution >= 0.6 is 11.6 Å². The van der Waals surface area contributed by atoms with Gasteiger partial charge in [0.25, 0.3) is 23.6 Å². The highest BCUT2D eigenvalue weighted by Gasteiger charge is 2.70. The van der Waals surface area contributed by atoms with Crippen LogP contribution in [0.15, 0.2) is 78.4 Å². The van der Waals surface area contributed by atoms with Crippen molar-refractivity contribution in [2.75, 3.05) is 12.5 Å². The lowest BCUT2D eigenvalue weighted by molar-refractivity contribution is -0.173. The van der Waals surface area contributed by atoms with Crippen molar-refractivity contribution >= 4 is 40.9 Å². The fraction of sp³-hybridized carbons (Fsp3) is 0.273. The number of methoxy groups -OCH3 is 1. The van der Waals surface area contributed by atoms with E-state index < -0.39 is 64.5 Å². The van der Waals surface area contributed by atoms with Crippen molar-refractivity contribution in [1.82, 2.24) is 10.1 Å². The van der Waals surface area contributed by atoms with Crippen molar-refractivity contribution in [2.24, 2.45) is 23.7 Å². The molecule has 3 N–H and O–H groups in total. The monoisotopic (exact) mass is 631 g/mol. The number of hydrogen-bond acceptors (Lipinski definition) is 8. The molecule has 230 valence electrons. The van der Waals surface area contributed by atoms with Gasteiger partial charge in [0.2, 0.25) is 0 Å². The van der Waals surface area contributed by atoms with Crippen molar-refractivity contribution in [3.8, 4) is 11.5 Å². The van der Waals surface area contributed by atoms with Crippen LogP contribution in [0.3, 0.4) is 0 Å². The Morgan fingerprint density at radius 3 is 2.36 bits per heavy atom. The average molecular weight is 632 g/mol. The number of imide groups is 2. The second-order valence-corrected chi connectivity index (χ2v) is 12.2. The van der Waals surface area contributed by atoms with E-state index in [1.165, 1.54) is 31.4 Å². The number of nitrogens with one attached hydrogen (secondary N) is 1. The lowest BCUT2D eigenvalue weighted by Gasteiger charge is -2.50. The van der Waals surface area contributed by atoms with E-state index in [4.69, 9.17) is 16.3 Å². The molecule has 6 unspecified atom stereocenters. The van der Waals surface area contributed by atoms with Crippen LogP contribution in [0.1, 0.15) is 29.9 Å². The van der Waals surface area contributed by atoms with E-state index in [0.717, 1.165) is 5.01 Å². The number of ether oxygens (including phenoxy) is 1. The third-order valence-corrected chi connectivity index (χ3v) is 10.0. The summed E-state index contributed by atoms with van der Waals surface area (Å²) >= 11 is 6.27. The van der Waals surface area contributed by atoms with Crippen LogP contribution < -0.4 is 10.2 Å². The lowest BCUT2D eigenvalue weighted by Crippen LogP contribution is -2.53. The van der Waals surface area contributed by atoms with Gasteiger partial charge < -0.3 is 9.84 Å². The fourth-order valence-electron chi connectivity index (χ4n) is 7.92. The number of para-hydroxylation sites is 1. The molecular formula is C33H27ClFN3O7. The number of aromatic hydroxyl groups is 1. The van der Waals surface area contributed by atoms with Gasteiger partial charge in [-0.2, -0.15) is 10.1 Å². The second-order valence-electron chi connectivity index (χ2n) is 11.8. The Kier molecular flexibility index (Phi) is 6.72. The smallest absolute Gasteiger partial charge is 0.260 e. The van der Waals surface area contributed by atoms with Crippen LogP contribution in [0.25, 0.3) is 0 Å². The SMILES string of the molecule is COc1cccc(C2C3=CCC4C(=O)N(O)C(=O)C4C3CC3C(=O)N(Nc4ccc(F)cc4)C(=O)C32c2ccc(Cl)cc2)c1O. The van der Waals surface area contributed by atoms with E-state index >= 15 is 0 Å². The van der Waals surface area contributed by atoms with Crippen LogP contribution in [0, 0.1) is 29.5 Å². The fourth-order valence-corrected chi connectivity index (χ4v) is 8.05. The van der Waals surface area contributed by atoms with E-state index in [2.05, 4.69) is 5.43 Å². The first-order chi connectivity index (χ1) is 21.6. The minimum absolute atomic E-state index is 0.00408. The zero-order valence-corrected chi connectivity index (χ0v) is 24.6. The van der Waals surface area contributed by atoms with E-state index in [1.54, 1.807) is 48.5 Å². The molecule has 6 atom stereocenters. The van der Waals surface area contributed by atoms with Crippen molar-refractivity contribution in [1.29, 1.82) is 0 Å². The van der Waals surface area contributed by atoms with Gasteiger partial charge in [-0.15, -0.1) is 0 Å². The number of nitrogens with zero attached hydrogens (tertiary/aromatic N) is 2. The predicted octanol–water partition coefficient (Wildman–Crippen LogP) is 4.57. The maximum Gasteiger partial charge on any atom is 0.260 e. The Bertz CT molecular complexity index is 1800. The summed E-state index contributed by atoms with van der Waals surface area (Å²) in [7, 11) is 1.39. The van der Waals surface area contributed by atoms with E-state index in [-0.39, 0.29) is 40.7 Å². The van der Waals surface area contributed by atoms with Gasteiger partial charge in [0.05, 0.1) is 36.0 Å². The summed E-state index contributed by atoms with van der Waals surface area (Å²) in [6.07, 6.45) is 1.90. The molecule has 2 aliphatic heterocycles. The molecule has 0 aromatic heterocycles. The molecule has 4 amide bonds. The average Bonchev–Trinajstić information content (AvgIpc) is 3.39. The molecule has 10 nitrogen and oxygen atoms in total. The normalized spacial score (nSPS) is 28.9. The van der Waals surface area contributed by atoms with Crippen LogP contribution in [0.2, 0.25) is 5.02 Å². The quantitative estimate of drug-likeness (QED) is 0.212. The molecular weight excluding hydrogens is 605 g/mol. The van der Waals surface area contributed by atoms with Gasteiger partial charge in [0.1, 0.15) is 5.82 Å². The molecule has 2 saturated heterocycles. The largest absolute Gasteiger partial charge is 0.504 e. The van der Waals surface area contributed by atoms with E-state index in [9.17, 15) is 33.9 Å². The lowest BCUT2D eigenvalue weighted by atomic mass is 9.49. The summed E-state index contributed by atoms with van der Waals surface area (Å²) in [5.74, 6) is -7.96. The summed E-state index contributed by atoms with van der Waals surface area (Å²) in [6, 6.07) is 16.6. The molecule has 2 aliphatic carbocycles. The molecule has 2 heterocycles. The molecule has 3 fully saturated rings. The molecule has 3 aromatic carbocycles. The Labute approximate surface area is 261 Å². The summed E-state index contributed by atoms with van der Waals surface area (Å²) in [4.78, 5) is 55.6. The molecule has 7 rings (SSSR count). The molecule has 45 heavy (non-hydrogen) atoms. The Hall–Kier alpha value is -4.74. The zero-order chi connectivity index (χ0) is 31.8. The number of allylic oxidation sites excluding steroid dienone is 2. The number of amides is 4. The minimum Gasteiger partial charge on any atom is -0.504 e. The number of carbonyl (C=O) groups is 4. The van der Waals surface area contributed by atoms with Gasteiger partial charge in [-0.25, -0.2) is 4.39 Å². The van der Waals surface area contributed by atoms with Gasteiger partial charge in [-0.1, -0.05) is 47.5 Å². The number of halogens is 2. The number of phenols is 1. The molecule has 12 heteroatoms. The highest BCUT2D eigenvalue weighted by Crippen LogP contribution is 2.65. The number of hydroxylamine groups is 2. The van der Waals surface area contributed by atoms with Gasteiger partial charge in [-0.3, -0.25) is 29.8 Å². The van der Waals surface area contributed by atoms with Crippen LogP contribution in [0.4, 0.5) is 10.1 Å². The highest BCUT2D eigenvalue weighted by molar-refractivity contribution is 6.30. The highest BCUT2D eigenvalue weighted by atomic mass is 35.5. The van der Waals surface area contributed by atoms with Crippen molar-refractivity contribution in [2.45, 2.75) is 24.2 Å². The van der Waals surface area contributed by atoms with Gasteiger partial charge >= 0.3 is 0 Å². The first-order valence-corrected chi connectivity index (χ1v) is 14.8. The molecule has 3 aromatic rings. The van der Waals surface area contributed by atoms with Crippen molar-refractivity contribution < 1.29 is 38.6 Å². The first kappa shape index (κ1) is 29.0. The van der Waals surface area contributed by atoms with Crippen LogP contribution in [-0.4, -0.2) is 51.1 Å². The summed E-state index contributed by atoms with van der Waals surface area (Å²) in [5.41, 5.74) is 2.81. The summed E-state index contributed by atoms with van der Waals surface area (Å²) in [6.45, 7) is 0. The Morgan fingerprint density at radius 1 is 0.956 bits per heavy atom. The number of hydrogen-bond donors (Lipinski definition) is 3. The number of phenolic OH excluding ortho intramolecular Hbond substituents is 1. The standard InChI is InChI=1S/C33H27ClFN3O7/c1-45-25-4-2-3-22(28(25)39)27-20-13-14-21-26(31(42)38(44)29(21)40)23(20)15-24-30(41)37(36-19-11-9-18(35)10-12-19)32(43)33(24,27)16-5-7-17(34)8-6-16/h2-13,21,23-24,26-27,36,39,44H,14-15H2,1H3. The summed E-state index contributed by atoms with van der Waals surface area (Å²) < 4.78 is 19.1. The number of hydrazine groups is 1. The topological polar surface area (TPSA) is 136 Å². The molecule has 4 aliphatic rings. The Balaban J connectivity index is 1.49. The van der Waals surface area contributed by atoms with Gasteiger partial charge in [0, 0.05) is 16.5 Å². The number of fused-ring (bicyclic) bond motifs is 4. The third-order valence-electron chi connectivity index (χ3n) is 9.79. The van der Waals surface area contributed by atoms with Gasteiger partial charge in [-0.05, 0) is 66.8 Å². The van der Waals surface area contributed by atoms with Crippen molar-refractivity contribution in [3.63, 3.8) is 0 Å². The predicted molar refractivity (Wildman–Crippen MR) is 157 cm³/mol. The molecule has 0 radical (unpaired) electrons. The minimum atomic E-state index is -1.65. The zero-order valence-electron chi connectivity index (χ0n) is 23.8. The number of anilines is 1. The Morgan fingerprint density at radius 2 is 1.67 bits per heavy atom. The third kappa shape index (κ3) is 4.03. The first-order valence-electron chi connectivity index (χ1n) is 14.4. The second kappa shape index (κ2) is 10.4. The van der Waals surface area contributed by atoms with E-state index in [1.807, 2.05) is 0 Å². The van der Waals surface area contributed by atoms with Gasteiger partial charge in [0.15, 0.2) is 11.5 Å². The summed E-state index contributed by atoms with van der Waals surface area (Å²) in [5, 5.41) is 23.3. The van der Waals surface area contributed by atoms with Crippen molar-refractivity contribution in [3.05, 3.63) is 100 Å². The maximum atomic E-state index is 15.0. The molecule has 0 spiro atoms. The number of rotatable bonds is 5. The molecule has 1 saturated carbocycles. The molecule has 0 bridgehead atoms. The van der Waals surface area contributed by atoms with Crippen LogP contribution in [0.5, 0.6) is 11.5 Å². The number of carbonyl (C=O) groups excluding carboxylic acids is 4. The van der Waals surface area contributed by atoms with Crippen LogP contribution in [-0.2, 0) is 24.6 Å². The maximum absolute atomic E-state index is 15.0. The van der Waals surface area contributed by atoms with E-state index in [0.29, 0.717) is 16.2 Å².